The van der Waals surface area contributed by atoms with Crippen molar-refractivity contribution in [1.82, 2.24) is 0 Å². The summed E-state index contributed by atoms with van der Waals surface area (Å²) in [7, 11) is 2.87. The van der Waals surface area contributed by atoms with Crippen LogP contribution in [-0.2, 0) is 0 Å². The summed E-state index contributed by atoms with van der Waals surface area (Å²) < 4.78 is 0. The summed E-state index contributed by atoms with van der Waals surface area (Å²) in [6, 6.07) is 0. The monoisotopic (exact) mass is 390 g/mol. The van der Waals surface area contributed by atoms with Crippen LogP contribution in [0.3, 0.4) is 0 Å². The second kappa shape index (κ2) is 8.57. The van der Waals surface area contributed by atoms with E-state index in [9.17, 15) is 0 Å². The van der Waals surface area contributed by atoms with Crippen LogP contribution in [0.4, 0.5) is 0 Å². The molecule has 2 rings (SSSR count). The summed E-state index contributed by atoms with van der Waals surface area (Å²) in [5, 5.41) is -2.62. The molecule has 0 spiro atoms. The largest absolute Gasteiger partial charge is 0.134 e. The Hall–Kier alpha value is 2.17. The first-order valence-corrected chi connectivity index (χ1v) is 9.24. The third-order valence-electron chi connectivity index (χ3n) is 3.23. The minimum Gasteiger partial charge on any atom is -0.134 e. The Kier molecular flexibility index (Phi) is 8.68. The zero-order valence-corrected chi connectivity index (χ0v) is 15.4. The maximum Gasteiger partial charge on any atom is 0.0693 e. The van der Waals surface area contributed by atoms with E-state index < -0.39 is 32.3 Å². The lowest BCUT2D eigenvalue weighted by Gasteiger charge is -2.37. The lowest BCUT2D eigenvalue weighted by molar-refractivity contribution is 0.544. The van der Waals surface area contributed by atoms with E-state index in [0.29, 0.717) is 0 Å². The molecule has 108 valence electrons. The molecule has 0 bridgehead atoms. The third kappa shape index (κ3) is 4.87. The Bertz CT molecular complexity index is 189. The van der Waals surface area contributed by atoms with E-state index >= 15 is 0 Å². The summed E-state index contributed by atoms with van der Waals surface area (Å²) in [5.74, 6) is 0. The molecule has 0 heterocycles. The number of halogens is 6. The predicted molar refractivity (Wildman–Crippen MR) is 89.8 cm³/mol. The van der Waals surface area contributed by atoms with Crippen molar-refractivity contribution < 1.29 is 0 Å². The molecule has 0 amide bonds. The van der Waals surface area contributed by atoms with Gasteiger partial charge in [0.25, 0.3) is 0 Å². The second-order valence-electron chi connectivity index (χ2n) is 4.71. The fourth-order valence-corrected chi connectivity index (χ4v) is 4.81. The summed E-state index contributed by atoms with van der Waals surface area (Å²) in [4.78, 5) is 0. The predicted octanol–water partition coefficient (Wildman–Crippen LogP) is 5.45. The Morgan fingerprint density at radius 2 is 0.778 bits per heavy atom. The minimum atomic E-state index is -0.437. The maximum absolute atomic E-state index is 5.88. The van der Waals surface area contributed by atoms with Gasteiger partial charge < -0.3 is 0 Å². The van der Waals surface area contributed by atoms with Gasteiger partial charge in [-0.15, -0.1) is 78.8 Å². The van der Waals surface area contributed by atoms with E-state index in [4.69, 9.17) is 69.6 Å². The molecule has 0 nitrogen and oxygen atoms in total. The first kappa shape index (κ1) is 18.2. The van der Waals surface area contributed by atoms with Crippen LogP contribution in [0.25, 0.3) is 0 Å². The Morgan fingerprint density at radius 1 is 0.556 bits per heavy atom. The van der Waals surface area contributed by atoms with Crippen LogP contribution in [0.2, 0.25) is 0 Å². The molecular weight excluding hydrogens is 376 g/mol. The van der Waals surface area contributed by atoms with Crippen molar-refractivity contribution in [3.8, 4) is 0 Å². The van der Waals surface area contributed by atoms with Gasteiger partial charge in [-0.3, -0.25) is 0 Å². The van der Waals surface area contributed by atoms with Gasteiger partial charge in [-0.1, -0.05) is 12.8 Å². The molecule has 0 radical (unpaired) electrons. The zero-order valence-electron chi connectivity index (χ0n) is 9.72. The molecule has 2 saturated carbocycles. The van der Waals surface area contributed by atoms with Gasteiger partial charge in [0.1, 0.15) is 0 Å². The van der Waals surface area contributed by atoms with Crippen LogP contribution < -0.4 is 0 Å². The van der Waals surface area contributed by atoms with Crippen LogP contribution in [0, 0.1) is 0 Å². The lowest BCUT2D eigenvalue weighted by Crippen LogP contribution is -2.52. The molecule has 2 aliphatic rings. The summed E-state index contributed by atoms with van der Waals surface area (Å²) >= 11 is 35.3. The van der Waals surface area contributed by atoms with Crippen molar-refractivity contribution in [3.63, 3.8) is 0 Å². The molecule has 0 aromatic heterocycles. The average molecular weight is 393 g/mol. The molecule has 7 heteroatoms. The van der Waals surface area contributed by atoms with Gasteiger partial charge in [0.2, 0.25) is 0 Å². The topological polar surface area (TPSA) is 0 Å². The van der Waals surface area contributed by atoms with Crippen LogP contribution in [-0.4, -0.2) is 37.9 Å². The average Bonchev–Trinajstić information content (AvgIpc) is 2.83. The summed E-state index contributed by atoms with van der Waals surface area (Å²) in [6.45, 7) is 0. The number of alkyl halides is 6. The number of hydrogen-bond acceptors (Lipinski definition) is 0. The second-order valence-corrected chi connectivity index (χ2v) is 8.68. The smallest absolute Gasteiger partial charge is 0.0693 e. The molecule has 1 atom stereocenters. The molecule has 1 unspecified atom stereocenters. The van der Waals surface area contributed by atoms with Gasteiger partial charge >= 0.3 is 0 Å². The van der Waals surface area contributed by atoms with Crippen molar-refractivity contribution in [3.05, 3.63) is 0 Å². The summed E-state index contributed by atoms with van der Waals surface area (Å²) in [6.07, 6.45) is 5.83. The molecule has 0 aromatic rings. The summed E-state index contributed by atoms with van der Waals surface area (Å²) in [5.41, 5.74) is 0.963. The van der Waals surface area contributed by atoms with Crippen molar-refractivity contribution in [2.45, 2.75) is 63.6 Å². The molecule has 2 fully saturated rings. The highest BCUT2D eigenvalue weighted by Crippen LogP contribution is 2.39. The molecule has 18 heavy (non-hydrogen) atoms. The van der Waals surface area contributed by atoms with Crippen molar-refractivity contribution >= 4 is 78.8 Å². The van der Waals surface area contributed by atoms with Gasteiger partial charge in [-0.05, 0) is 18.5 Å². The van der Waals surface area contributed by atoms with E-state index in [1.54, 1.807) is 0 Å². The zero-order chi connectivity index (χ0) is 13.9. The Balaban J connectivity index is 0.000000225. The van der Waals surface area contributed by atoms with E-state index in [-0.39, 0.29) is 0 Å². The quantitative estimate of drug-likeness (QED) is 0.380. The number of rotatable bonds is 0. The van der Waals surface area contributed by atoms with Crippen molar-refractivity contribution in [1.29, 1.82) is 0 Å². The van der Waals surface area contributed by atoms with Crippen LogP contribution in [0.5, 0.6) is 0 Å². The van der Waals surface area contributed by atoms with E-state index in [0.717, 1.165) is 5.66 Å². The fraction of sp³-hybridized carbons (Fsp3) is 1.00. The molecule has 0 aliphatic heterocycles. The van der Waals surface area contributed by atoms with Crippen LogP contribution >= 0.6 is 78.8 Å². The highest BCUT2D eigenvalue weighted by molar-refractivity contribution is 7.17. The van der Waals surface area contributed by atoms with Crippen molar-refractivity contribution in [2.75, 3.05) is 0 Å². The van der Waals surface area contributed by atoms with Gasteiger partial charge in [0.15, 0.2) is 0 Å². The molecular formula is C11H17Cl6P. The molecule has 0 saturated heterocycles. The molecule has 2 aliphatic carbocycles. The van der Waals surface area contributed by atoms with Gasteiger partial charge in [0.05, 0.1) is 32.3 Å². The van der Waals surface area contributed by atoms with Gasteiger partial charge in [0, 0.05) is 0 Å². The van der Waals surface area contributed by atoms with Crippen LogP contribution in [0.1, 0.15) is 25.7 Å². The van der Waals surface area contributed by atoms with E-state index in [2.05, 4.69) is 9.24 Å². The van der Waals surface area contributed by atoms with E-state index in [1.807, 2.05) is 0 Å². The highest BCUT2D eigenvalue weighted by Gasteiger charge is 2.46. The van der Waals surface area contributed by atoms with Crippen LogP contribution in [0.15, 0.2) is 0 Å². The fourth-order valence-electron chi connectivity index (χ4n) is 2.01. The third-order valence-corrected chi connectivity index (χ3v) is 7.92. The Labute approximate surface area is 142 Å². The van der Waals surface area contributed by atoms with Gasteiger partial charge in [-0.25, -0.2) is 0 Å². The normalized spacial score (nSPS) is 45.5. The first-order chi connectivity index (χ1) is 8.36. The van der Waals surface area contributed by atoms with E-state index in [1.165, 1.54) is 25.7 Å². The Morgan fingerprint density at radius 3 is 0.889 bits per heavy atom. The number of hydrogen-bond donors (Lipinski definition) is 0. The minimum absolute atomic E-state index is 0.437. The standard InChI is InChI=1S/C6H6Cl6.C5H11P/c7-1-2(8)4(10)6(12)5(11)3(1)9;6-5-3-1-2-4-5/h1-6H;5H,1-4,6H2. The SMILES string of the molecule is ClC1C(Cl)C(Cl)C(Cl)C(Cl)C1Cl.PC1CCCC1. The molecule has 0 aromatic carbocycles. The highest BCUT2D eigenvalue weighted by atomic mass is 35.5. The lowest BCUT2D eigenvalue weighted by atomic mass is 9.97. The first-order valence-electron chi connectivity index (χ1n) is 5.96. The van der Waals surface area contributed by atoms with Crippen molar-refractivity contribution in [2.24, 2.45) is 0 Å². The van der Waals surface area contributed by atoms with Gasteiger partial charge in [-0.2, -0.15) is 0 Å². The molecule has 0 N–H and O–H groups in total. The maximum atomic E-state index is 5.88.